The van der Waals surface area contributed by atoms with Gasteiger partial charge in [0, 0.05) is 23.9 Å². The van der Waals surface area contributed by atoms with Crippen molar-refractivity contribution >= 4 is 33.9 Å². The summed E-state index contributed by atoms with van der Waals surface area (Å²) < 4.78 is 16.9. The molecule has 134 valence electrons. The standard InChI is InChI=1S/C20H17BrO5/c1-20(2)25-18(22)16(19(23)26-20)11-13-7-9-15(10-8-13)24-12-14-5-3-4-6-17(14)21/h3-11H,12H2,1-2H3. The number of cyclic esters (lactones) is 2. The van der Waals surface area contributed by atoms with E-state index in [2.05, 4.69) is 15.9 Å². The maximum Gasteiger partial charge on any atom is 0.348 e. The Labute approximate surface area is 159 Å². The fourth-order valence-electron chi connectivity index (χ4n) is 2.38. The second kappa shape index (κ2) is 7.33. The van der Waals surface area contributed by atoms with Gasteiger partial charge in [0.05, 0.1) is 0 Å². The first kappa shape index (κ1) is 18.2. The smallest absolute Gasteiger partial charge is 0.348 e. The van der Waals surface area contributed by atoms with E-state index >= 15 is 0 Å². The van der Waals surface area contributed by atoms with Crippen LogP contribution < -0.4 is 4.74 Å². The number of hydrogen-bond donors (Lipinski definition) is 0. The molecule has 2 aromatic carbocycles. The van der Waals surface area contributed by atoms with Gasteiger partial charge in [-0.05, 0) is 29.8 Å². The van der Waals surface area contributed by atoms with Crippen molar-refractivity contribution in [1.82, 2.24) is 0 Å². The zero-order chi connectivity index (χ0) is 18.7. The molecule has 5 nitrogen and oxygen atoms in total. The van der Waals surface area contributed by atoms with E-state index in [-0.39, 0.29) is 5.57 Å². The van der Waals surface area contributed by atoms with Gasteiger partial charge in [-0.2, -0.15) is 0 Å². The lowest BCUT2D eigenvalue weighted by atomic mass is 10.1. The van der Waals surface area contributed by atoms with Crippen molar-refractivity contribution in [3.63, 3.8) is 0 Å². The summed E-state index contributed by atoms with van der Waals surface area (Å²) in [7, 11) is 0. The van der Waals surface area contributed by atoms with Crippen LogP contribution >= 0.6 is 15.9 Å². The average molecular weight is 417 g/mol. The highest BCUT2D eigenvalue weighted by Gasteiger charge is 2.38. The fraction of sp³-hybridized carbons (Fsp3) is 0.200. The van der Waals surface area contributed by atoms with Crippen molar-refractivity contribution in [2.45, 2.75) is 26.2 Å². The van der Waals surface area contributed by atoms with Gasteiger partial charge >= 0.3 is 11.9 Å². The lowest BCUT2D eigenvalue weighted by Crippen LogP contribution is -2.41. The van der Waals surface area contributed by atoms with Gasteiger partial charge < -0.3 is 14.2 Å². The van der Waals surface area contributed by atoms with Crippen molar-refractivity contribution in [2.24, 2.45) is 0 Å². The van der Waals surface area contributed by atoms with Gasteiger partial charge in [0.1, 0.15) is 17.9 Å². The molecule has 1 saturated heterocycles. The summed E-state index contributed by atoms with van der Waals surface area (Å²) in [4.78, 5) is 23.9. The lowest BCUT2D eigenvalue weighted by Gasteiger charge is -2.29. The lowest BCUT2D eigenvalue weighted by molar-refractivity contribution is -0.222. The van der Waals surface area contributed by atoms with E-state index < -0.39 is 17.7 Å². The number of carbonyl (C=O) groups excluding carboxylic acids is 2. The number of halogens is 1. The van der Waals surface area contributed by atoms with Crippen LogP contribution in [-0.4, -0.2) is 17.7 Å². The number of rotatable bonds is 4. The minimum Gasteiger partial charge on any atom is -0.489 e. The van der Waals surface area contributed by atoms with E-state index in [0.29, 0.717) is 17.9 Å². The quantitative estimate of drug-likeness (QED) is 0.423. The molecule has 0 atom stereocenters. The zero-order valence-corrected chi connectivity index (χ0v) is 15.9. The van der Waals surface area contributed by atoms with E-state index in [1.54, 1.807) is 24.3 Å². The number of ether oxygens (including phenoxy) is 3. The molecule has 0 bridgehead atoms. The molecule has 1 fully saturated rings. The molecule has 0 unspecified atom stereocenters. The van der Waals surface area contributed by atoms with Gasteiger partial charge in [0.15, 0.2) is 0 Å². The first-order valence-electron chi connectivity index (χ1n) is 7.99. The molecule has 2 aromatic rings. The molecule has 0 spiro atoms. The number of hydrogen-bond acceptors (Lipinski definition) is 5. The highest BCUT2D eigenvalue weighted by Crippen LogP contribution is 2.25. The van der Waals surface area contributed by atoms with Crippen LogP contribution in [0.25, 0.3) is 6.08 Å². The van der Waals surface area contributed by atoms with Crippen molar-refractivity contribution < 1.29 is 23.8 Å². The Bertz CT molecular complexity index is 846. The molecule has 3 rings (SSSR count). The average Bonchev–Trinajstić information content (AvgIpc) is 2.58. The minimum absolute atomic E-state index is 0.133. The van der Waals surface area contributed by atoms with Gasteiger partial charge in [-0.1, -0.05) is 46.3 Å². The van der Waals surface area contributed by atoms with Crippen LogP contribution in [0, 0.1) is 0 Å². The van der Waals surface area contributed by atoms with Gasteiger partial charge in [-0.25, -0.2) is 9.59 Å². The summed E-state index contributed by atoms with van der Waals surface area (Å²) in [5.41, 5.74) is 1.57. The summed E-state index contributed by atoms with van der Waals surface area (Å²) in [6.07, 6.45) is 1.44. The van der Waals surface area contributed by atoms with Crippen molar-refractivity contribution in [3.8, 4) is 5.75 Å². The zero-order valence-electron chi connectivity index (χ0n) is 14.3. The maximum atomic E-state index is 12.0. The molecule has 26 heavy (non-hydrogen) atoms. The highest BCUT2D eigenvalue weighted by atomic mass is 79.9. The molecular formula is C20H17BrO5. The molecular weight excluding hydrogens is 400 g/mol. The van der Waals surface area contributed by atoms with Crippen molar-refractivity contribution in [1.29, 1.82) is 0 Å². The molecule has 1 heterocycles. The number of esters is 2. The molecule has 0 N–H and O–H groups in total. The summed E-state index contributed by atoms with van der Waals surface area (Å²) in [5, 5.41) is 0. The van der Waals surface area contributed by atoms with Crippen LogP contribution in [0.4, 0.5) is 0 Å². The molecule has 0 saturated carbocycles. The van der Waals surface area contributed by atoms with E-state index in [9.17, 15) is 9.59 Å². The number of benzene rings is 2. The molecule has 6 heteroatoms. The highest BCUT2D eigenvalue weighted by molar-refractivity contribution is 9.10. The fourth-order valence-corrected chi connectivity index (χ4v) is 2.78. The van der Waals surface area contributed by atoms with E-state index in [4.69, 9.17) is 14.2 Å². The van der Waals surface area contributed by atoms with Crippen LogP contribution in [0.15, 0.2) is 58.6 Å². The second-order valence-electron chi connectivity index (χ2n) is 6.19. The van der Waals surface area contributed by atoms with Gasteiger partial charge in [0.2, 0.25) is 0 Å². The van der Waals surface area contributed by atoms with E-state index in [1.165, 1.54) is 19.9 Å². The third-order valence-corrected chi connectivity index (χ3v) is 4.43. The topological polar surface area (TPSA) is 61.8 Å². The Morgan fingerprint density at radius 2 is 1.62 bits per heavy atom. The predicted octanol–water partition coefficient (Wildman–Crippen LogP) is 4.25. The van der Waals surface area contributed by atoms with Crippen molar-refractivity contribution in [3.05, 3.63) is 69.7 Å². The Hall–Kier alpha value is -2.60. The predicted molar refractivity (Wildman–Crippen MR) is 99.2 cm³/mol. The largest absolute Gasteiger partial charge is 0.489 e. The Balaban J connectivity index is 1.69. The van der Waals surface area contributed by atoms with E-state index in [1.807, 2.05) is 24.3 Å². The second-order valence-corrected chi connectivity index (χ2v) is 7.04. The van der Waals surface area contributed by atoms with Crippen LogP contribution in [0.5, 0.6) is 5.75 Å². The third kappa shape index (κ3) is 4.32. The normalized spacial score (nSPS) is 15.9. The molecule has 0 aliphatic carbocycles. The summed E-state index contributed by atoms with van der Waals surface area (Å²) in [6, 6.07) is 14.9. The van der Waals surface area contributed by atoms with Crippen LogP contribution in [0.1, 0.15) is 25.0 Å². The SMILES string of the molecule is CC1(C)OC(=O)C(=Cc2ccc(OCc3ccccc3Br)cc2)C(=O)O1. The molecule has 0 aromatic heterocycles. The summed E-state index contributed by atoms with van der Waals surface area (Å²) in [6.45, 7) is 3.45. The monoisotopic (exact) mass is 416 g/mol. The number of carbonyl (C=O) groups is 2. The Kier molecular flexibility index (Phi) is 5.13. The van der Waals surface area contributed by atoms with Crippen LogP contribution in [0.3, 0.4) is 0 Å². The molecule has 0 radical (unpaired) electrons. The third-order valence-electron chi connectivity index (χ3n) is 3.66. The van der Waals surface area contributed by atoms with Gasteiger partial charge in [-0.3, -0.25) is 0 Å². The maximum absolute atomic E-state index is 12.0. The van der Waals surface area contributed by atoms with Crippen LogP contribution in [-0.2, 0) is 25.7 Å². The van der Waals surface area contributed by atoms with Crippen molar-refractivity contribution in [2.75, 3.05) is 0 Å². The Morgan fingerprint density at radius 1 is 1.00 bits per heavy atom. The van der Waals surface area contributed by atoms with Gasteiger partial charge in [0.25, 0.3) is 5.79 Å². The van der Waals surface area contributed by atoms with Crippen LogP contribution in [0.2, 0.25) is 0 Å². The molecule has 0 amide bonds. The molecule has 1 aliphatic heterocycles. The minimum atomic E-state index is -1.24. The first-order valence-corrected chi connectivity index (χ1v) is 8.78. The summed E-state index contributed by atoms with van der Waals surface area (Å²) in [5.74, 6) is -1.95. The van der Waals surface area contributed by atoms with E-state index in [0.717, 1.165) is 10.0 Å². The molecule has 1 aliphatic rings. The Morgan fingerprint density at radius 3 is 2.23 bits per heavy atom. The summed E-state index contributed by atoms with van der Waals surface area (Å²) >= 11 is 3.48. The van der Waals surface area contributed by atoms with Gasteiger partial charge in [-0.15, -0.1) is 0 Å². The first-order chi connectivity index (χ1) is 12.3.